The normalized spacial score (nSPS) is 13.8. The first-order valence-corrected chi connectivity index (χ1v) is 8.72. The minimum Gasteiger partial charge on any atom is -0.493 e. The Bertz CT molecular complexity index is 1050. The van der Waals surface area contributed by atoms with Gasteiger partial charge in [-0.05, 0) is 61.0 Å². The summed E-state index contributed by atoms with van der Waals surface area (Å²) >= 11 is 5.23. The van der Waals surface area contributed by atoms with Crippen molar-refractivity contribution in [2.75, 3.05) is 7.11 Å². The second-order valence-corrected chi connectivity index (χ2v) is 6.38. The van der Waals surface area contributed by atoms with Crippen LogP contribution < -0.4 is 9.47 Å². The molecule has 27 heavy (non-hydrogen) atoms. The van der Waals surface area contributed by atoms with Gasteiger partial charge in [-0.1, -0.05) is 0 Å². The maximum atomic E-state index is 12.0. The Morgan fingerprint density at radius 3 is 2.96 bits per heavy atom. The first-order valence-electron chi connectivity index (χ1n) is 8.31. The van der Waals surface area contributed by atoms with E-state index in [4.69, 9.17) is 26.1 Å². The van der Waals surface area contributed by atoms with Gasteiger partial charge in [0.15, 0.2) is 17.3 Å². The van der Waals surface area contributed by atoms with Gasteiger partial charge in [0.05, 0.1) is 19.6 Å². The van der Waals surface area contributed by atoms with Crippen LogP contribution >= 0.6 is 12.2 Å². The van der Waals surface area contributed by atoms with Crippen LogP contribution in [0.4, 0.5) is 0 Å². The number of rotatable bonds is 6. The molecule has 9 heteroatoms. The van der Waals surface area contributed by atoms with Gasteiger partial charge in [-0.25, -0.2) is 4.79 Å². The molecule has 0 spiro atoms. The number of nitrogens with one attached hydrogen (secondary N) is 1. The van der Waals surface area contributed by atoms with E-state index in [9.17, 15) is 4.79 Å². The summed E-state index contributed by atoms with van der Waals surface area (Å²) in [5.74, 6) is 1.45. The van der Waals surface area contributed by atoms with Crippen LogP contribution in [0, 0.1) is 4.77 Å². The summed E-state index contributed by atoms with van der Waals surface area (Å²) in [6.45, 7) is 0. The average molecular weight is 384 g/mol. The molecule has 0 unspecified atom stereocenters. The number of methoxy groups -OCH3 is 1. The maximum absolute atomic E-state index is 12.0. The highest BCUT2D eigenvalue weighted by atomic mass is 32.1. The van der Waals surface area contributed by atoms with Crippen molar-refractivity contribution < 1.29 is 18.7 Å². The van der Waals surface area contributed by atoms with E-state index < -0.39 is 5.97 Å². The molecule has 0 amide bonds. The first kappa shape index (κ1) is 17.2. The second-order valence-electron chi connectivity index (χ2n) is 5.99. The molecule has 1 saturated carbocycles. The molecule has 4 rings (SSSR count). The van der Waals surface area contributed by atoms with E-state index in [2.05, 4.69) is 15.3 Å². The number of ether oxygens (including phenoxy) is 2. The SMILES string of the molecule is COc1cc(/C=N\n2c(C3CC3)n[nH]c2=S)ccc1OC(=O)c1ccco1. The Morgan fingerprint density at radius 2 is 2.26 bits per heavy atom. The Hall–Kier alpha value is -3.20. The summed E-state index contributed by atoms with van der Waals surface area (Å²) in [6.07, 6.45) is 5.25. The van der Waals surface area contributed by atoms with Crippen molar-refractivity contribution >= 4 is 24.4 Å². The second kappa shape index (κ2) is 7.20. The summed E-state index contributed by atoms with van der Waals surface area (Å²) in [7, 11) is 1.50. The number of nitrogens with zero attached hydrogens (tertiary/aromatic N) is 3. The number of carbonyl (C=O) groups excluding carboxylic acids is 1. The van der Waals surface area contributed by atoms with Crippen LogP contribution in [0.2, 0.25) is 0 Å². The predicted octanol–water partition coefficient (Wildman–Crippen LogP) is 3.52. The summed E-state index contributed by atoms with van der Waals surface area (Å²) in [6, 6.07) is 8.26. The lowest BCUT2D eigenvalue weighted by molar-refractivity contribution is 0.0696. The molecule has 0 atom stereocenters. The number of carbonyl (C=O) groups is 1. The Morgan fingerprint density at radius 1 is 1.41 bits per heavy atom. The quantitative estimate of drug-likeness (QED) is 0.302. The van der Waals surface area contributed by atoms with E-state index in [1.807, 2.05) is 0 Å². The number of benzene rings is 1. The minimum absolute atomic E-state index is 0.115. The third kappa shape index (κ3) is 3.68. The van der Waals surface area contributed by atoms with Crippen LogP contribution in [-0.2, 0) is 0 Å². The number of furan rings is 1. The molecule has 1 aliphatic carbocycles. The lowest BCUT2D eigenvalue weighted by Gasteiger charge is -2.09. The largest absolute Gasteiger partial charge is 0.493 e. The minimum atomic E-state index is -0.599. The van der Waals surface area contributed by atoms with Crippen molar-refractivity contribution in [3.63, 3.8) is 0 Å². The number of hydrogen-bond donors (Lipinski definition) is 1. The molecule has 2 aromatic heterocycles. The molecular formula is C18H16N4O4S. The van der Waals surface area contributed by atoms with E-state index in [0.29, 0.717) is 16.4 Å². The zero-order valence-corrected chi connectivity index (χ0v) is 15.2. The Balaban J connectivity index is 1.55. The molecular weight excluding hydrogens is 368 g/mol. The van der Waals surface area contributed by atoms with Crippen LogP contribution in [0.15, 0.2) is 46.1 Å². The van der Waals surface area contributed by atoms with Crippen molar-refractivity contribution in [2.45, 2.75) is 18.8 Å². The third-order valence-electron chi connectivity index (χ3n) is 4.05. The average Bonchev–Trinajstić information content (AvgIpc) is 3.23. The first-order chi connectivity index (χ1) is 13.2. The fourth-order valence-electron chi connectivity index (χ4n) is 2.54. The van der Waals surface area contributed by atoms with Crippen molar-refractivity contribution in [2.24, 2.45) is 5.10 Å². The highest BCUT2D eigenvalue weighted by molar-refractivity contribution is 7.71. The van der Waals surface area contributed by atoms with Gasteiger partial charge in [-0.2, -0.15) is 14.9 Å². The van der Waals surface area contributed by atoms with E-state index in [1.54, 1.807) is 35.2 Å². The molecule has 0 saturated heterocycles. The molecule has 2 heterocycles. The van der Waals surface area contributed by atoms with Crippen molar-refractivity contribution in [1.82, 2.24) is 14.9 Å². The van der Waals surface area contributed by atoms with Gasteiger partial charge >= 0.3 is 5.97 Å². The molecule has 1 aromatic carbocycles. The summed E-state index contributed by atoms with van der Waals surface area (Å²) in [5.41, 5.74) is 0.759. The molecule has 3 aromatic rings. The van der Waals surface area contributed by atoms with Gasteiger partial charge in [-0.3, -0.25) is 5.10 Å². The molecule has 138 valence electrons. The lowest BCUT2D eigenvalue weighted by atomic mass is 10.2. The Labute approximate surface area is 159 Å². The van der Waals surface area contributed by atoms with Crippen LogP contribution in [-0.4, -0.2) is 34.2 Å². The molecule has 0 radical (unpaired) electrons. The lowest BCUT2D eigenvalue weighted by Crippen LogP contribution is -2.08. The van der Waals surface area contributed by atoms with Gasteiger partial charge in [0, 0.05) is 5.92 Å². The molecule has 0 aliphatic heterocycles. The summed E-state index contributed by atoms with van der Waals surface area (Å²) in [5, 5.41) is 11.4. The third-order valence-corrected chi connectivity index (χ3v) is 4.32. The van der Waals surface area contributed by atoms with Gasteiger partial charge in [0.2, 0.25) is 10.5 Å². The van der Waals surface area contributed by atoms with Crippen LogP contribution in [0.25, 0.3) is 0 Å². The van der Waals surface area contributed by atoms with E-state index >= 15 is 0 Å². The van der Waals surface area contributed by atoms with Gasteiger partial charge in [0.25, 0.3) is 0 Å². The molecule has 1 N–H and O–H groups in total. The number of H-pyrrole nitrogens is 1. The monoisotopic (exact) mass is 384 g/mol. The van der Waals surface area contributed by atoms with E-state index in [0.717, 1.165) is 24.2 Å². The highest BCUT2D eigenvalue weighted by Gasteiger charge is 2.29. The van der Waals surface area contributed by atoms with E-state index in [1.165, 1.54) is 19.4 Å². The summed E-state index contributed by atoms with van der Waals surface area (Å²) in [4.78, 5) is 12.0. The topological polar surface area (TPSA) is 94.6 Å². The molecule has 1 fully saturated rings. The number of esters is 1. The molecule has 0 bridgehead atoms. The standard InChI is InChI=1S/C18H16N4O4S/c1-24-15-9-11(4-7-13(15)26-17(23)14-3-2-8-25-14)10-19-22-16(12-5-6-12)20-21-18(22)27/h2-4,7-10,12H,5-6H2,1H3,(H,21,27)/b19-10-. The fourth-order valence-corrected chi connectivity index (χ4v) is 2.73. The maximum Gasteiger partial charge on any atom is 0.379 e. The van der Waals surface area contributed by atoms with Crippen molar-refractivity contribution in [3.05, 3.63) is 58.5 Å². The van der Waals surface area contributed by atoms with Crippen molar-refractivity contribution in [3.8, 4) is 11.5 Å². The highest BCUT2D eigenvalue weighted by Crippen LogP contribution is 2.38. The Kier molecular flexibility index (Phi) is 4.59. The van der Waals surface area contributed by atoms with Gasteiger partial charge in [0.1, 0.15) is 0 Å². The van der Waals surface area contributed by atoms with Crippen LogP contribution in [0.1, 0.15) is 40.7 Å². The zero-order chi connectivity index (χ0) is 18.8. The predicted molar refractivity (Wildman–Crippen MR) is 99.0 cm³/mol. The van der Waals surface area contributed by atoms with E-state index in [-0.39, 0.29) is 11.5 Å². The number of aromatic nitrogens is 3. The number of aromatic amines is 1. The van der Waals surface area contributed by atoms with Crippen LogP contribution in [0.3, 0.4) is 0 Å². The zero-order valence-electron chi connectivity index (χ0n) is 14.4. The smallest absolute Gasteiger partial charge is 0.379 e. The fraction of sp³-hybridized carbons (Fsp3) is 0.222. The van der Waals surface area contributed by atoms with Gasteiger partial charge in [-0.15, -0.1) is 0 Å². The molecule has 8 nitrogen and oxygen atoms in total. The summed E-state index contributed by atoms with van der Waals surface area (Å²) < 4.78 is 17.8. The van der Waals surface area contributed by atoms with Crippen molar-refractivity contribution in [1.29, 1.82) is 0 Å². The number of hydrogen-bond acceptors (Lipinski definition) is 7. The molecule has 1 aliphatic rings. The van der Waals surface area contributed by atoms with Crippen LogP contribution in [0.5, 0.6) is 11.5 Å². The van der Waals surface area contributed by atoms with Gasteiger partial charge < -0.3 is 13.9 Å².